The van der Waals surface area contributed by atoms with Crippen molar-refractivity contribution in [2.24, 2.45) is 5.41 Å². The second kappa shape index (κ2) is 8.36. The Labute approximate surface area is 164 Å². The van der Waals surface area contributed by atoms with Gasteiger partial charge in [0.25, 0.3) is 0 Å². The van der Waals surface area contributed by atoms with Gasteiger partial charge in [-0.1, -0.05) is 11.2 Å². The Hall–Kier alpha value is -2.32. The molecule has 2 aliphatic rings. The third-order valence-corrected chi connectivity index (χ3v) is 5.89. The highest BCUT2D eigenvalue weighted by molar-refractivity contribution is 5.77. The Morgan fingerprint density at radius 2 is 2.07 bits per heavy atom. The molecule has 0 aliphatic carbocycles. The molecule has 0 atom stereocenters. The standard InChI is InChI=1S/C20H27N5O3/c1-27-14-17-22-18(28-23-17)13-24-10-7-20(8-11-24)6-5-19(26)25(15-20)12-16-4-2-3-9-21-16/h2-4,9H,5-8,10-15H2,1H3. The summed E-state index contributed by atoms with van der Waals surface area (Å²) in [6, 6.07) is 5.86. The fourth-order valence-corrected chi connectivity index (χ4v) is 4.26. The lowest BCUT2D eigenvalue weighted by Crippen LogP contribution is -2.51. The van der Waals surface area contributed by atoms with E-state index in [1.54, 1.807) is 13.3 Å². The third-order valence-electron chi connectivity index (χ3n) is 5.89. The van der Waals surface area contributed by atoms with Gasteiger partial charge in [0.05, 0.1) is 18.8 Å². The van der Waals surface area contributed by atoms with Gasteiger partial charge >= 0.3 is 0 Å². The van der Waals surface area contributed by atoms with Gasteiger partial charge in [-0.15, -0.1) is 0 Å². The smallest absolute Gasteiger partial charge is 0.240 e. The Morgan fingerprint density at radius 1 is 1.21 bits per heavy atom. The van der Waals surface area contributed by atoms with E-state index in [2.05, 4.69) is 20.0 Å². The number of hydrogen-bond acceptors (Lipinski definition) is 7. The summed E-state index contributed by atoms with van der Waals surface area (Å²) >= 11 is 0. The molecule has 8 heteroatoms. The van der Waals surface area contributed by atoms with Crippen molar-refractivity contribution in [2.75, 3.05) is 26.7 Å². The number of hydrogen-bond donors (Lipinski definition) is 0. The molecule has 0 saturated carbocycles. The highest BCUT2D eigenvalue weighted by Crippen LogP contribution is 2.40. The number of carbonyl (C=O) groups excluding carboxylic acids is 1. The molecular weight excluding hydrogens is 358 g/mol. The van der Waals surface area contributed by atoms with Crippen LogP contribution < -0.4 is 0 Å². The molecule has 0 aromatic carbocycles. The van der Waals surface area contributed by atoms with Crippen LogP contribution in [0.2, 0.25) is 0 Å². The first kappa shape index (κ1) is 19.0. The lowest BCUT2D eigenvalue weighted by atomic mass is 9.72. The first-order chi connectivity index (χ1) is 13.7. The number of piperidine rings is 2. The molecule has 4 heterocycles. The number of nitrogens with zero attached hydrogens (tertiary/aromatic N) is 5. The number of aromatic nitrogens is 3. The molecule has 150 valence electrons. The van der Waals surface area contributed by atoms with Crippen molar-refractivity contribution in [3.8, 4) is 0 Å². The van der Waals surface area contributed by atoms with Crippen LogP contribution in [0.5, 0.6) is 0 Å². The molecule has 2 fully saturated rings. The van der Waals surface area contributed by atoms with Crippen LogP contribution in [0.3, 0.4) is 0 Å². The van der Waals surface area contributed by atoms with E-state index in [0.29, 0.717) is 37.8 Å². The van der Waals surface area contributed by atoms with Gasteiger partial charge in [0, 0.05) is 26.3 Å². The van der Waals surface area contributed by atoms with Gasteiger partial charge in [-0.3, -0.25) is 14.7 Å². The summed E-state index contributed by atoms with van der Waals surface area (Å²) < 4.78 is 10.3. The molecule has 0 radical (unpaired) electrons. The Balaban J connectivity index is 1.33. The highest BCUT2D eigenvalue weighted by Gasteiger charge is 2.41. The molecule has 28 heavy (non-hydrogen) atoms. The number of ether oxygens (including phenoxy) is 1. The van der Waals surface area contributed by atoms with E-state index < -0.39 is 0 Å². The summed E-state index contributed by atoms with van der Waals surface area (Å²) in [5, 5.41) is 3.93. The minimum Gasteiger partial charge on any atom is -0.377 e. The topological polar surface area (TPSA) is 84.6 Å². The van der Waals surface area contributed by atoms with Gasteiger partial charge in [0.15, 0.2) is 5.82 Å². The van der Waals surface area contributed by atoms with E-state index in [1.165, 1.54) is 0 Å². The molecule has 0 N–H and O–H groups in total. The molecule has 2 aliphatic heterocycles. The maximum Gasteiger partial charge on any atom is 0.240 e. The minimum atomic E-state index is 0.218. The van der Waals surface area contributed by atoms with Crippen LogP contribution in [0.15, 0.2) is 28.9 Å². The van der Waals surface area contributed by atoms with Gasteiger partial charge in [-0.2, -0.15) is 4.98 Å². The van der Waals surface area contributed by atoms with Crippen molar-refractivity contribution in [1.29, 1.82) is 0 Å². The molecule has 2 aromatic heterocycles. The molecule has 1 spiro atoms. The summed E-state index contributed by atoms with van der Waals surface area (Å²) in [4.78, 5) is 25.5. The van der Waals surface area contributed by atoms with E-state index in [4.69, 9.17) is 9.26 Å². The number of amides is 1. The van der Waals surface area contributed by atoms with Crippen molar-refractivity contribution in [1.82, 2.24) is 24.9 Å². The van der Waals surface area contributed by atoms with E-state index in [1.807, 2.05) is 23.1 Å². The van der Waals surface area contributed by atoms with Gasteiger partial charge in [-0.25, -0.2) is 0 Å². The average molecular weight is 385 g/mol. The Kier molecular flexibility index (Phi) is 5.68. The number of carbonyl (C=O) groups is 1. The summed E-state index contributed by atoms with van der Waals surface area (Å²) in [5.41, 5.74) is 1.17. The van der Waals surface area contributed by atoms with Crippen molar-refractivity contribution in [3.05, 3.63) is 41.8 Å². The predicted molar refractivity (Wildman–Crippen MR) is 101 cm³/mol. The molecular formula is C20H27N5O3. The number of rotatable bonds is 6. The van der Waals surface area contributed by atoms with Crippen LogP contribution in [-0.4, -0.2) is 57.6 Å². The first-order valence-corrected chi connectivity index (χ1v) is 9.86. The fourth-order valence-electron chi connectivity index (χ4n) is 4.26. The van der Waals surface area contributed by atoms with Crippen LogP contribution in [0.4, 0.5) is 0 Å². The third kappa shape index (κ3) is 4.39. The monoisotopic (exact) mass is 385 g/mol. The zero-order valence-electron chi connectivity index (χ0n) is 16.3. The van der Waals surface area contributed by atoms with Gasteiger partial charge < -0.3 is 14.2 Å². The second-order valence-corrected chi connectivity index (χ2v) is 7.88. The SMILES string of the molecule is COCc1noc(CN2CCC3(CCC(=O)N(Cc4ccccn4)C3)CC2)n1. The molecule has 8 nitrogen and oxygen atoms in total. The first-order valence-electron chi connectivity index (χ1n) is 9.86. The molecule has 0 bridgehead atoms. The van der Waals surface area contributed by atoms with E-state index in [-0.39, 0.29) is 11.3 Å². The van der Waals surface area contributed by atoms with E-state index >= 15 is 0 Å². The average Bonchev–Trinajstić information content (AvgIpc) is 3.15. The molecule has 2 saturated heterocycles. The summed E-state index contributed by atoms with van der Waals surface area (Å²) in [6.45, 7) is 4.43. The van der Waals surface area contributed by atoms with Gasteiger partial charge in [-0.05, 0) is 49.9 Å². The summed E-state index contributed by atoms with van der Waals surface area (Å²) in [7, 11) is 1.62. The maximum atomic E-state index is 12.4. The molecule has 2 aromatic rings. The van der Waals surface area contributed by atoms with Crippen LogP contribution in [0.1, 0.15) is 43.1 Å². The van der Waals surface area contributed by atoms with Crippen LogP contribution >= 0.6 is 0 Å². The van der Waals surface area contributed by atoms with Crippen molar-refractivity contribution in [3.63, 3.8) is 0 Å². The van der Waals surface area contributed by atoms with Crippen LogP contribution in [-0.2, 0) is 29.2 Å². The molecule has 4 rings (SSSR count). The predicted octanol–water partition coefficient (Wildman–Crippen LogP) is 2.02. The second-order valence-electron chi connectivity index (χ2n) is 7.88. The number of likely N-dealkylation sites (tertiary alicyclic amines) is 2. The minimum absolute atomic E-state index is 0.218. The lowest BCUT2D eigenvalue weighted by Gasteiger charge is -2.47. The Morgan fingerprint density at radius 3 is 2.82 bits per heavy atom. The fraction of sp³-hybridized carbons (Fsp3) is 0.600. The highest BCUT2D eigenvalue weighted by atomic mass is 16.5. The van der Waals surface area contributed by atoms with Crippen LogP contribution in [0.25, 0.3) is 0 Å². The quantitative estimate of drug-likeness (QED) is 0.752. The van der Waals surface area contributed by atoms with Gasteiger partial charge in [0.1, 0.15) is 6.61 Å². The van der Waals surface area contributed by atoms with Crippen molar-refractivity contribution < 1.29 is 14.1 Å². The zero-order chi connectivity index (χ0) is 19.4. The number of pyridine rings is 1. The normalized spacial score (nSPS) is 20.0. The van der Waals surface area contributed by atoms with Gasteiger partial charge in [0.2, 0.25) is 11.8 Å². The van der Waals surface area contributed by atoms with Crippen molar-refractivity contribution >= 4 is 5.91 Å². The summed E-state index contributed by atoms with van der Waals surface area (Å²) in [5.74, 6) is 1.47. The van der Waals surface area contributed by atoms with E-state index in [9.17, 15) is 4.79 Å². The van der Waals surface area contributed by atoms with Crippen molar-refractivity contribution in [2.45, 2.75) is 45.4 Å². The van der Waals surface area contributed by atoms with Crippen LogP contribution in [0, 0.1) is 5.41 Å². The summed E-state index contributed by atoms with van der Waals surface area (Å²) in [6.07, 6.45) is 5.57. The Bertz CT molecular complexity index is 786. The molecule has 1 amide bonds. The molecule has 0 unspecified atom stereocenters. The number of methoxy groups -OCH3 is 1. The lowest BCUT2D eigenvalue weighted by molar-refractivity contribution is -0.140. The zero-order valence-corrected chi connectivity index (χ0v) is 16.3. The largest absolute Gasteiger partial charge is 0.377 e. The maximum absolute atomic E-state index is 12.4. The van der Waals surface area contributed by atoms with E-state index in [0.717, 1.165) is 44.6 Å².